The van der Waals surface area contributed by atoms with Crippen LogP contribution >= 0.6 is 11.8 Å². The molecule has 0 aliphatic heterocycles. The number of aliphatic hydroxyl groups is 1. The molecule has 0 heterocycles. The predicted molar refractivity (Wildman–Crippen MR) is 68.5 cm³/mol. The molecular formula is C12H25NOS. The largest absolute Gasteiger partial charge is 0.394 e. The molecule has 0 bridgehead atoms. The van der Waals surface area contributed by atoms with E-state index in [0.29, 0.717) is 11.3 Å². The zero-order chi connectivity index (χ0) is 11.5. The zero-order valence-corrected chi connectivity index (χ0v) is 11.2. The van der Waals surface area contributed by atoms with Crippen LogP contribution in [0.15, 0.2) is 0 Å². The average molecular weight is 231 g/mol. The Balaban J connectivity index is 2.49. The van der Waals surface area contributed by atoms with Gasteiger partial charge in [-0.1, -0.05) is 27.7 Å². The van der Waals surface area contributed by atoms with Crippen LogP contribution in [-0.4, -0.2) is 33.8 Å². The second-order valence-electron chi connectivity index (χ2n) is 5.29. The average Bonchev–Trinajstić information content (AvgIpc) is 2.47. The van der Waals surface area contributed by atoms with E-state index in [-0.39, 0.29) is 12.1 Å². The van der Waals surface area contributed by atoms with Gasteiger partial charge in [0.1, 0.15) is 0 Å². The lowest BCUT2D eigenvalue weighted by Gasteiger charge is -2.31. The van der Waals surface area contributed by atoms with E-state index in [1.54, 1.807) is 0 Å². The molecule has 2 nitrogen and oxygen atoms in total. The lowest BCUT2D eigenvalue weighted by Crippen LogP contribution is -2.49. The third-order valence-corrected chi connectivity index (χ3v) is 4.26. The van der Waals surface area contributed by atoms with E-state index in [2.05, 4.69) is 44.8 Å². The first-order valence-corrected chi connectivity index (χ1v) is 6.96. The summed E-state index contributed by atoms with van der Waals surface area (Å²) in [5.41, 5.74) is 0.000718. The standard InChI is InChI=1S/C12H25NOS/c1-9(2)13-12(8-14)6-5-11(7-12)15-10(3)4/h9-11,13-14H,5-8H2,1-4H3. The lowest BCUT2D eigenvalue weighted by atomic mass is 9.98. The maximum absolute atomic E-state index is 9.55. The van der Waals surface area contributed by atoms with Crippen molar-refractivity contribution >= 4 is 11.8 Å². The van der Waals surface area contributed by atoms with E-state index < -0.39 is 0 Å². The second kappa shape index (κ2) is 5.55. The van der Waals surface area contributed by atoms with Crippen LogP contribution in [0.4, 0.5) is 0 Å². The zero-order valence-electron chi connectivity index (χ0n) is 10.4. The fourth-order valence-electron chi connectivity index (χ4n) is 2.51. The minimum atomic E-state index is 0.000718. The van der Waals surface area contributed by atoms with Crippen molar-refractivity contribution in [1.82, 2.24) is 5.32 Å². The van der Waals surface area contributed by atoms with Crippen molar-refractivity contribution in [3.05, 3.63) is 0 Å². The summed E-state index contributed by atoms with van der Waals surface area (Å²) in [7, 11) is 0. The summed E-state index contributed by atoms with van der Waals surface area (Å²) in [6, 6.07) is 0.458. The topological polar surface area (TPSA) is 32.3 Å². The molecule has 1 saturated carbocycles. The molecule has 1 aliphatic carbocycles. The van der Waals surface area contributed by atoms with Gasteiger partial charge >= 0.3 is 0 Å². The third-order valence-electron chi connectivity index (χ3n) is 2.93. The van der Waals surface area contributed by atoms with Gasteiger partial charge in [-0.2, -0.15) is 11.8 Å². The van der Waals surface area contributed by atoms with Crippen LogP contribution in [0.3, 0.4) is 0 Å². The molecule has 0 spiro atoms. The molecule has 2 unspecified atom stereocenters. The molecule has 0 aromatic rings. The summed E-state index contributed by atoms with van der Waals surface area (Å²) in [5.74, 6) is 0. The van der Waals surface area contributed by atoms with Crippen LogP contribution < -0.4 is 5.32 Å². The number of thioether (sulfide) groups is 1. The first kappa shape index (κ1) is 13.3. The van der Waals surface area contributed by atoms with Gasteiger partial charge in [-0.05, 0) is 24.5 Å². The van der Waals surface area contributed by atoms with Gasteiger partial charge in [-0.3, -0.25) is 0 Å². The molecule has 0 saturated heterocycles. The Morgan fingerprint density at radius 2 is 2.07 bits per heavy atom. The van der Waals surface area contributed by atoms with Gasteiger partial charge < -0.3 is 10.4 Å². The number of hydrogen-bond acceptors (Lipinski definition) is 3. The number of nitrogens with one attached hydrogen (secondary N) is 1. The molecule has 2 atom stereocenters. The maximum atomic E-state index is 9.55. The van der Waals surface area contributed by atoms with Crippen molar-refractivity contribution in [2.24, 2.45) is 0 Å². The van der Waals surface area contributed by atoms with Crippen LogP contribution in [0, 0.1) is 0 Å². The fourth-order valence-corrected chi connectivity index (χ4v) is 3.95. The summed E-state index contributed by atoms with van der Waals surface area (Å²) in [4.78, 5) is 0. The molecule has 0 aromatic carbocycles. The number of rotatable bonds is 5. The Labute approximate surface area is 98.2 Å². The van der Waals surface area contributed by atoms with Gasteiger partial charge in [0, 0.05) is 16.8 Å². The quantitative estimate of drug-likeness (QED) is 0.762. The highest BCUT2D eigenvalue weighted by Crippen LogP contribution is 2.38. The summed E-state index contributed by atoms with van der Waals surface area (Å²) in [6.07, 6.45) is 3.47. The Morgan fingerprint density at radius 3 is 2.53 bits per heavy atom. The Kier molecular flexibility index (Phi) is 4.94. The van der Waals surface area contributed by atoms with Crippen LogP contribution in [-0.2, 0) is 0 Å². The van der Waals surface area contributed by atoms with Gasteiger partial charge in [-0.25, -0.2) is 0 Å². The van der Waals surface area contributed by atoms with E-state index in [4.69, 9.17) is 0 Å². The van der Waals surface area contributed by atoms with Crippen molar-refractivity contribution < 1.29 is 5.11 Å². The highest BCUT2D eigenvalue weighted by atomic mass is 32.2. The molecule has 1 rings (SSSR count). The highest BCUT2D eigenvalue weighted by Gasteiger charge is 2.39. The molecule has 0 amide bonds. The van der Waals surface area contributed by atoms with Gasteiger partial charge in [0.05, 0.1) is 6.61 Å². The van der Waals surface area contributed by atoms with E-state index >= 15 is 0 Å². The minimum absolute atomic E-state index is 0.000718. The summed E-state index contributed by atoms with van der Waals surface area (Å²) in [6.45, 7) is 9.08. The van der Waals surface area contributed by atoms with E-state index in [1.165, 1.54) is 6.42 Å². The maximum Gasteiger partial charge on any atom is 0.0613 e. The normalized spacial score (nSPS) is 31.8. The van der Waals surface area contributed by atoms with Crippen molar-refractivity contribution in [2.45, 2.75) is 69.0 Å². The molecule has 15 heavy (non-hydrogen) atoms. The SMILES string of the molecule is CC(C)NC1(CO)CCC(SC(C)C)C1. The first-order valence-electron chi connectivity index (χ1n) is 6.01. The molecule has 2 N–H and O–H groups in total. The molecule has 0 aromatic heterocycles. The van der Waals surface area contributed by atoms with Gasteiger partial charge in [0.25, 0.3) is 0 Å². The van der Waals surface area contributed by atoms with E-state index in [1.807, 2.05) is 0 Å². The monoisotopic (exact) mass is 231 g/mol. The van der Waals surface area contributed by atoms with Crippen LogP contribution in [0.2, 0.25) is 0 Å². The predicted octanol–water partition coefficient (Wildman–Crippen LogP) is 2.41. The number of hydrogen-bond donors (Lipinski definition) is 2. The smallest absolute Gasteiger partial charge is 0.0613 e. The molecule has 1 aliphatic rings. The minimum Gasteiger partial charge on any atom is -0.394 e. The third kappa shape index (κ3) is 3.97. The lowest BCUT2D eigenvalue weighted by molar-refractivity contribution is 0.156. The number of aliphatic hydroxyl groups excluding tert-OH is 1. The van der Waals surface area contributed by atoms with Crippen LogP contribution in [0.5, 0.6) is 0 Å². The molecular weight excluding hydrogens is 206 g/mol. The Bertz CT molecular complexity index is 196. The highest BCUT2D eigenvalue weighted by molar-refractivity contribution is 8.00. The van der Waals surface area contributed by atoms with Crippen molar-refractivity contribution in [1.29, 1.82) is 0 Å². The van der Waals surface area contributed by atoms with Gasteiger partial charge in [-0.15, -0.1) is 0 Å². The molecule has 0 radical (unpaired) electrons. The van der Waals surface area contributed by atoms with Gasteiger partial charge in [0.2, 0.25) is 0 Å². The van der Waals surface area contributed by atoms with E-state index in [0.717, 1.165) is 18.1 Å². The van der Waals surface area contributed by atoms with Crippen molar-refractivity contribution in [3.8, 4) is 0 Å². The summed E-state index contributed by atoms with van der Waals surface area (Å²) >= 11 is 2.06. The van der Waals surface area contributed by atoms with Crippen LogP contribution in [0.1, 0.15) is 47.0 Å². The van der Waals surface area contributed by atoms with Crippen LogP contribution in [0.25, 0.3) is 0 Å². The van der Waals surface area contributed by atoms with Crippen molar-refractivity contribution in [2.75, 3.05) is 6.61 Å². The Morgan fingerprint density at radius 1 is 1.40 bits per heavy atom. The second-order valence-corrected chi connectivity index (χ2v) is 7.17. The molecule has 1 fully saturated rings. The summed E-state index contributed by atoms with van der Waals surface area (Å²) < 4.78 is 0. The van der Waals surface area contributed by atoms with E-state index in [9.17, 15) is 5.11 Å². The van der Waals surface area contributed by atoms with Crippen molar-refractivity contribution in [3.63, 3.8) is 0 Å². The first-order chi connectivity index (χ1) is 6.97. The fraction of sp³-hybridized carbons (Fsp3) is 1.00. The molecule has 3 heteroatoms. The summed E-state index contributed by atoms with van der Waals surface area (Å²) in [5, 5.41) is 14.5. The van der Waals surface area contributed by atoms with Gasteiger partial charge in [0.15, 0.2) is 0 Å². The Hall–Kier alpha value is 0.270. The molecule has 90 valence electrons.